The van der Waals surface area contributed by atoms with E-state index in [1.807, 2.05) is 20.1 Å². The van der Waals surface area contributed by atoms with Crippen molar-refractivity contribution in [2.24, 2.45) is 0 Å². The van der Waals surface area contributed by atoms with Crippen molar-refractivity contribution in [3.8, 4) is 0 Å². The van der Waals surface area contributed by atoms with E-state index in [1.165, 1.54) is 11.8 Å². The number of thioether (sulfide) groups is 1. The molecule has 1 N–H and O–H groups in total. The van der Waals surface area contributed by atoms with Crippen LogP contribution in [-0.2, 0) is 11.2 Å². The molecule has 1 aromatic heterocycles. The van der Waals surface area contributed by atoms with Crippen LogP contribution in [0.25, 0.3) is 0 Å². The van der Waals surface area contributed by atoms with E-state index in [-0.39, 0.29) is 18.0 Å². The van der Waals surface area contributed by atoms with Gasteiger partial charge in [0.25, 0.3) is 0 Å². The minimum atomic E-state index is -0.729. The van der Waals surface area contributed by atoms with Crippen LogP contribution in [0.15, 0.2) is 23.4 Å². The lowest BCUT2D eigenvalue weighted by atomic mass is 10.1. The van der Waals surface area contributed by atoms with Crippen molar-refractivity contribution < 1.29 is 13.6 Å². The van der Waals surface area contributed by atoms with E-state index in [2.05, 4.69) is 15.3 Å². The van der Waals surface area contributed by atoms with Crippen LogP contribution in [0, 0.1) is 25.5 Å². The number of nitrogens with one attached hydrogen (secondary N) is 1. The third kappa shape index (κ3) is 4.72. The highest BCUT2D eigenvalue weighted by Crippen LogP contribution is 2.18. The van der Waals surface area contributed by atoms with Crippen LogP contribution in [0.2, 0.25) is 0 Å². The largest absolute Gasteiger partial charge is 0.326 e. The Balaban J connectivity index is 2.02. The predicted octanol–water partition coefficient (Wildman–Crippen LogP) is 3.66. The molecule has 1 amide bonds. The Morgan fingerprint density at radius 2 is 1.70 bits per heavy atom. The van der Waals surface area contributed by atoms with E-state index < -0.39 is 11.6 Å². The van der Waals surface area contributed by atoms with E-state index in [9.17, 15) is 13.6 Å². The fourth-order valence-corrected chi connectivity index (χ4v) is 2.71. The molecule has 0 aliphatic rings. The first kappa shape index (κ1) is 17.3. The number of benzene rings is 1. The molecule has 0 bridgehead atoms. The number of nitrogens with zero attached hydrogens (tertiary/aromatic N) is 2. The summed E-state index contributed by atoms with van der Waals surface area (Å²) in [6.07, 6.45) is 2.55. The van der Waals surface area contributed by atoms with Crippen LogP contribution >= 0.6 is 11.8 Å². The molecule has 0 unspecified atom stereocenters. The van der Waals surface area contributed by atoms with Gasteiger partial charge in [0.05, 0.1) is 0 Å². The highest BCUT2D eigenvalue weighted by Gasteiger charge is 2.11. The Labute approximate surface area is 137 Å². The summed E-state index contributed by atoms with van der Waals surface area (Å²) < 4.78 is 26.2. The first-order valence-electron chi connectivity index (χ1n) is 7.03. The minimum absolute atomic E-state index is 0.106. The average molecular weight is 337 g/mol. The van der Waals surface area contributed by atoms with Crippen molar-refractivity contribution in [3.63, 3.8) is 0 Å². The molecule has 7 heteroatoms. The smallest absolute Gasteiger partial charge is 0.224 e. The van der Waals surface area contributed by atoms with Crippen LogP contribution in [0.1, 0.15) is 23.4 Å². The lowest BCUT2D eigenvalue weighted by Crippen LogP contribution is -2.14. The number of amides is 1. The number of aryl methyl sites for hydroxylation is 2. The SMILES string of the molecule is CSc1nc(C)c(CCC(=O)Nc2cc(F)cc(F)c2)c(C)n1. The summed E-state index contributed by atoms with van der Waals surface area (Å²) in [5.41, 5.74) is 2.70. The number of hydrogen-bond acceptors (Lipinski definition) is 4. The quantitative estimate of drug-likeness (QED) is 0.668. The second kappa shape index (κ2) is 7.50. The molecule has 1 heterocycles. The van der Waals surface area contributed by atoms with Gasteiger partial charge in [-0.1, -0.05) is 11.8 Å². The average Bonchev–Trinajstić information content (AvgIpc) is 2.44. The molecule has 0 saturated carbocycles. The minimum Gasteiger partial charge on any atom is -0.326 e. The Morgan fingerprint density at radius 1 is 1.13 bits per heavy atom. The Morgan fingerprint density at radius 3 is 2.22 bits per heavy atom. The monoisotopic (exact) mass is 337 g/mol. The van der Waals surface area contributed by atoms with Crippen molar-refractivity contribution in [1.29, 1.82) is 0 Å². The predicted molar refractivity (Wildman–Crippen MR) is 86.6 cm³/mol. The van der Waals surface area contributed by atoms with Gasteiger partial charge < -0.3 is 5.32 Å². The maximum absolute atomic E-state index is 13.1. The molecule has 0 aliphatic heterocycles. The van der Waals surface area contributed by atoms with Crippen LogP contribution in [-0.4, -0.2) is 22.1 Å². The summed E-state index contributed by atoms with van der Waals surface area (Å²) in [6.45, 7) is 3.76. The molecular weight excluding hydrogens is 320 g/mol. The van der Waals surface area contributed by atoms with E-state index in [1.54, 1.807) is 0 Å². The molecule has 2 aromatic rings. The molecule has 0 fully saturated rings. The number of aromatic nitrogens is 2. The molecule has 2 rings (SSSR count). The number of rotatable bonds is 5. The highest BCUT2D eigenvalue weighted by atomic mass is 32.2. The van der Waals surface area contributed by atoms with Crippen molar-refractivity contribution >= 4 is 23.4 Å². The van der Waals surface area contributed by atoms with Gasteiger partial charge in [-0.05, 0) is 44.2 Å². The summed E-state index contributed by atoms with van der Waals surface area (Å²) in [4.78, 5) is 20.7. The molecule has 122 valence electrons. The molecule has 0 atom stereocenters. The van der Waals surface area contributed by atoms with Gasteiger partial charge in [-0.3, -0.25) is 4.79 Å². The van der Waals surface area contributed by atoms with Crippen LogP contribution in [0.5, 0.6) is 0 Å². The Kier molecular flexibility index (Phi) is 5.65. The number of carbonyl (C=O) groups excluding carboxylic acids is 1. The number of hydrogen-bond donors (Lipinski definition) is 1. The zero-order valence-corrected chi connectivity index (χ0v) is 13.9. The van der Waals surface area contributed by atoms with Gasteiger partial charge in [0.15, 0.2) is 5.16 Å². The summed E-state index contributed by atoms with van der Waals surface area (Å²) in [6, 6.07) is 2.91. The summed E-state index contributed by atoms with van der Waals surface area (Å²) in [5, 5.41) is 3.19. The van der Waals surface area contributed by atoms with Crippen LogP contribution < -0.4 is 5.32 Å². The van der Waals surface area contributed by atoms with Crippen molar-refractivity contribution in [2.75, 3.05) is 11.6 Å². The highest BCUT2D eigenvalue weighted by molar-refractivity contribution is 7.98. The first-order chi connectivity index (χ1) is 10.9. The fourth-order valence-electron chi connectivity index (χ4n) is 2.25. The standard InChI is InChI=1S/C16H17F2N3OS/c1-9-14(10(2)20-16(19-9)23-3)4-5-15(22)21-13-7-11(17)6-12(18)8-13/h6-8H,4-5H2,1-3H3,(H,21,22). The van der Waals surface area contributed by atoms with E-state index in [4.69, 9.17) is 0 Å². The molecule has 0 radical (unpaired) electrons. The fraction of sp³-hybridized carbons (Fsp3) is 0.312. The summed E-state index contributed by atoms with van der Waals surface area (Å²) >= 11 is 1.46. The zero-order chi connectivity index (χ0) is 17.0. The second-order valence-corrected chi connectivity index (χ2v) is 5.84. The first-order valence-corrected chi connectivity index (χ1v) is 8.25. The van der Waals surface area contributed by atoms with Gasteiger partial charge >= 0.3 is 0 Å². The molecule has 0 spiro atoms. The lowest BCUT2D eigenvalue weighted by molar-refractivity contribution is -0.116. The van der Waals surface area contributed by atoms with Crippen molar-refractivity contribution in [3.05, 3.63) is 46.8 Å². The number of anilines is 1. The van der Waals surface area contributed by atoms with Gasteiger partial charge in [0.1, 0.15) is 11.6 Å². The van der Waals surface area contributed by atoms with Gasteiger partial charge in [-0.2, -0.15) is 0 Å². The topological polar surface area (TPSA) is 54.9 Å². The second-order valence-electron chi connectivity index (χ2n) is 5.07. The van der Waals surface area contributed by atoms with E-state index in [0.717, 1.165) is 35.2 Å². The van der Waals surface area contributed by atoms with Crippen LogP contribution in [0.3, 0.4) is 0 Å². The number of halogens is 2. The Hall–Kier alpha value is -2.02. The summed E-state index contributed by atoms with van der Waals surface area (Å²) in [5.74, 6) is -1.77. The molecular formula is C16H17F2N3OS. The molecule has 1 aromatic carbocycles. The maximum Gasteiger partial charge on any atom is 0.224 e. The molecule has 23 heavy (non-hydrogen) atoms. The van der Waals surface area contributed by atoms with Gasteiger partial charge in [0, 0.05) is 29.6 Å². The van der Waals surface area contributed by atoms with Crippen molar-refractivity contribution in [2.45, 2.75) is 31.8 Å². The number of carbonyl (C=O) groups is 1. The van der Waals surface area contributed by atoms with Crippen molar-refractivity contribution in [1.82, 2.24) is 9.97 Å². The normalized spacial score (nSPS) is 10.7. The van der Waals surface area contributed by atoms with E-state index in [0.29, 0.717) is 11.6 Å². The molecule has 4 nitrogen and oxygen atoms in total. The third-order valence-electron chi connectivity index (χ3n) is 3.33. The van der Waals surface area contributed by atoms with Crippen LogP contribution in [0.4, 0.5) is 14.5 Å². The van der Waals surface area contributed by atoms with Gasteiger partial charge in [-0.25, -0.2) is 18.7 Å². The summed E-state index contributed by atoms with van der Waals surface area (Å²) in [7, 11) is 0. The van der Waals surface area contributed by atoms with Gasteiger partial charge in [0.2, 0.25) is 5.91 Å². The molecule has 0 saturated heterocycles. The molecule has 0 aliphatic carbocycles. The lowest BCUT2D eigenvalue weighted by Gasteiger charge is -2.10. The zero-order valence-electron chi connectivity index (χ0n) is 13.1. The van der Waals surface area contributed by atoms with E-state index >= 15 is 0 Å². The van der Waals surface area contributed by atoms with Gasteiger partial charge in [-0.15, -0.1) is 0 Å². The third-order valence-corrected chi connectivity index (χ3v) is 3.88. The maximum atomic E-state index is 13.1. The Bertz CT molecular complexity index is 694.